The van der Waals surface area contributed by atoms with Gasteiger partial charge in [0.15, 0.2) is 5.82 Å². The van der Waals surface area contributed by atoms with Gasteiger partial charge in [0.25, 0.3) is 5.56 Å². The molecule has 0 saturated heterocycles. The molecule has 0 atom stereocenters. The number of fused-ring (bicyclic) bond motifs is 1. The SMILES string of the molecule is CCCOc1ccccc1C=c1sc2nc(C=Cc3ccccc3)nn2c1=O. The number of aromatic nitrogens is 3. The molecular formula is C22H19N3O2S. The molecule has 0 fully saturated rings. The van der Waals surface area contributed by atoms with Crippen molar-refractivity contribution in [1.82, 2.24) is 14.6 Å². The normalized spacial score (nSPS) is 12.2. The molecule has 2 aromatic heterocycles. The van der Waals surface area contributed by atoms with Crippen molar-refractivity contribution in [3.05, 3.63) is 86.4 Å². The van der Waals surface area contributed by atoms with E-state index in [0.29, 0.717) is 21.9 Å². The second-order valence-corrected chi connectivity index (χ2v) is 7.22. The van der Waals surface area contributed by atoms with Crippen molar-refractivity contribution < 1.29 is 4.74 Å². The van der Waals surface area contributed by atoms with Gasteiger partial charge in [0.1, 0.15) is 5.75 Å². The van der Waals surface area contributed by atoms with Crippen LogP contribution in [0.5, 0.6) is 5.75 Å². The van der Waals surface area contributed by atoms with Gasteiger partial charge in [-0.25, -0.2) is 0 Å². The second kappa shape index (κ2) is 8.19. The van der Waals surface area contributed by atoms with Crippen LogP contribution < -0.4 is 14.8 Å². The minimum Gasteiger partial charge on any atom is -0.493 e. The Kier molecular flexibility index (Phi) is 5.30. The van der Waals surface area contributed by atoms with Crippen LogP contribution in [0.2, 0.25) is 0 Å². The fourth-order valence-corrected chi connectivity index (χ4v) is 3.64. The largest absolute Gasteiger partial charge is 0.493 e. The number of hydrogen-bond acceptors (Lipinski definition) is 5. The van der Waals surface area contributed by atoms with Gasteiger partial charge in [0, 0.05) is 5.56 Å². The third-order valence-corrected chi connectivity index (χ3v) is 5.05. The maximum atomic E-state index is 12.7. The van der Waals surface area contributed by atoms with Crippen LogP contribution in [0.1, 0.15) is 30.3 Å². The van der Waals surface area contributed by atoms with E-state index in [-0.39, 0.29) is 5.56 Å². The Bertz CT molecular complexity index is 1230. The lowest BCUT2D eigenvalue weighted by molar-refractivity contribution is 0.317. The van der Waals surface area contributed by atoms with Crippen molar-refractivity contribution in [2.24, 2.45) is 0 Å². The van der Waals surface area contributed by atoms with Crippen LogP contribution in [0.25, 0.3) is 23.2 Å². The van der Waals surface area contributed by atoms with E-state index in [0.717, 1.165) is 23.3 Å². The van der Waals surface area contributed by atoms with Crippen molar-refractivity contribution in [3.63, 3.8) is 0 Å². The van der Waals surface area contributed by atoms with E-state index in [1.165, 1.54) is 15.9 Å². The second-order valence-electron chi connectivity index (χ2n) is 6.21. The van der Waals surface area contributed by atoms with Gasteiger partial charge in [-0.15, -0.1) is 5.10 Å². The lowest BCUT2D eigenvalue weighted by atomic mass is 10.2. The predicted octanol–water partition coefficient (Wildman–Crippen LogP) is 3.66. The van der Waals surface area contributed by atoms with Crippen molar-refractivity contribution in [3.8, 4) is 5.75 Å². The van der Waals surface area contributed by atoms with Crippen molar-refractivity contribution in [2.75, 3.05) is 6.61 Å². The first-order chi connectivity index (χ1) is 13.7. The van der Waals surface area contributed by atoms with Crippen LogP contribution in [0.3, 0.4) is 0 Å². The number of thiazole rings is 1. The Labute approximate surface area is 166 Å². The third kappa shape index (κ3) is 3.87. The molecule has 140 valence electrons. The number of hydrogen-bond donors (Lipinski definition) is 0. The zero-order chi connectivity index (χ0) is 19.3. The Balaban J connectivity index is 1.67. The summed E-state index contributed by atoms with van der Waals surface area (Å²) in [6.45, 7) is 2.70. The van der Waals surface area contributed by atoms with Gasteiger partial charge in [-0.3, -0.25) is 4.79 Å². The summed E-state index contributed by atoms with van der Waals surface area (Å²) in [5, 5.41) is 4.33. The molecule has 0 unspecified atom stereocenters. The van der Waals surface area contributed by atoms with Crippen LogP contribution in [-0.4, -0.2) is 21.2 Å². The highest BCUT2D eigenvalue weighted by molar-refractivity contribution is 7.15. The highest BCUT2D eigenvalue weighted by Gasteiger charge is 2.09. The highest BCUT2D eigenvalue weighted by Crippen LogP contribution is 2.19. The fourth-order valence-electron chi connectivity index (χ4n) is 2.74. The maximum Gasteiger partial charge on any atom is 0.291 e. The number of rotatable bonds is 6. The molecule has 0 aliphatic carbocycles. The summed E-state index contributed by atoms with van der Waals surface area (Å²) in [5.41, 5.74) is 1.76. The zero-order valence-electron chi connectivity index (χ0n) is 15.4. The summed E-state index contributed by atoms with van der Waals surface area (Å²) in [4.78, 5) is 17.8. The molecule has 0 N–H and O–H groups in total. The molecule has 0 aliphatic rings. The zero-order valence-corrected chi connectivity index (χ0v) is 16.2. The molecule has 28 heavy (non-hydrogen) atoms. The Hall–Kier alpha value is -3.25. The topological polar surface area (TPSA) is 56.5 Å². The van der Waals surface area contributed by atoms with E-state index in [9.17, 15) is 4.79 Å². The van der Waals surface area contributed by atoms with Crippen molar-refractivity contribution >= 4 is 34.5 Å². The van der Waals surface area contributed by atoms with Gasteiger partial charge >= 0.3 is 0 Å². The highest BCUT2D eigenvalue weighted by atomic mass is 32.1. The molecule has 4 rings (SSSR count). The molecule has 0 amide bonds. The van der Waals surface area contributed by atoms with E-state index in [1.807, 2.05) is 72.8 Å². The monoisotopic (exact) mass is 389 g/mol. The summed E-state index contributed by atoms with van der Waals surface area (Å²) in [5.74, 6) is 1.29. The molecule has 0 bridgehead atoms. The smallest absolute Gasteiger partial charge is 0.291 e. The molecule has 6 heteroatoms. The minimum atomic E-state index is -0.169. The van der Waals surface area contributed by atoms with Crippen LogP contribution in [0.15, 0.2) is 59.4 Å². The van der Waals surface area contributed by atoms with Crippen LogP contribution in [0, 0.1) is 0 Å². The molecule has 0 radical (unpaired) electrons. The molecule has 4 aromatic rings. The first-order valence-electron chi connectivity index (χ1n) is 9.11. The summed E-state index contributed by atoms with van der Waals surface area (Å²) >= 11 is 1.33. The predicted molar refractivity (Wildman–Crippen MR) is 114 cm³/mol. The van der Waals surface area contributed by atoms with Gasteiger partial charge in [0.2, 0.25) is 4.96 Å². The Morgan fingerprint density at radius 3 is 2.64 bits per heavy atom. The summed E-state index contributed by atoms with van der Waals surface area (Å²) < 4.78 is 7.71. The molecule has 0 aliphatic heterocycles. The first kappa shape index (κ1) is 18.1. The number of ether oxygens (including phenoxy) is 1. The van der Waals surface area contributed by atoms with Gasteiger partial charge < -0.3 is 4.74 Å². The molecule has 2 aromatic carbocycles. The van der Waals surface area contributed by atoms with Crippen molar-refractivity contribution in [2.45, 2.75) is 13.3 Å². The summed E-state index contributed by atoms with van der Waals surface area (Å²) in [6, 6.07) is 17.6. The van der Waals surface area contributed by atoms with E-state index >= 15 is 0 Å². The standard InChI is InChI=1S/C22H19N3O2S/c1-2-14-27-18-11-7-6-10-17(18)15-19-21(26)25-22(28-19)23-20(24-25)13-12-16-8-4-3-5-9-16/h3-13,15H,2,14H2,1H3. The van der Waals surface area contributed by atoms with Gasteiger partial charge in [0.05, 0.1) is 11.1 Å². The quantitative estimate of drug-likeness (QED) is 0.505. The van der Waals surface area contributed by atoms with Crippen molar-refractivity contribution in [1.29, 1.82) is 0 Å². The minimum absolute atomic E-state index is 0.169. The van der Waals surface area contributed by atoms with Crippen LogP contribution in [0.4, 0.5) is 0 Å². The molecule has 0 saturated carbocycles. The van der Waals surface area contributed by atoms with Gasteiger partial charge in [-0.1, -0.05) is 72.9 Å². The maximum absolute atomic E-state index is 12.7. The average Bonchev–Trinajstić information content (AvgIpc) is 3.25. The first-order valence-corrected chi connectivity index (χ1v) is 9.92. The summed E-state index contributed by atoms with van der Waals surface area (Å²) in [6.07, 6.45) is 6.51. The van der Waals surface area contributed by atoms with E-state index in [2.05, 4.69) is 17.0 Å². The Morgan fingerprint density at radius 2 is 1.86 bits per heavy atom. The van der Waals surface area contributed by atoms with E-state index in [1.54, 1.807) is 0 Å². The lowest BCUT2D eigenvalue weighted by Gasteiger charge is -2.07. The fraction of sp³-hybridized carbons (Fsp3) is 0.136. The molecular weight excluding hydrogens is 370 g/mol. The molecule has 0 spiro atoms. The van der Waals surface area contributed by atoms with E-state index < -0.39 is 0 Å². The third-order valence-electron chi connectivity index (χ3n) is 4.09. The van der Waals surface area contributed by atoms with Gasteiger partial charge in [-0.05, 0) is 30.2 Å². The molecule has 5 nitrogen and oxygen atoms in total. The average molecular weight is 389 g/mol. The Morgan fingerprint density at radius 1 is 1.07 bits per heavy atom. The number of benzene rings is 2. The van der Waals surface area contributed by atoms with Gasteiger partial charge in [-0.2, -0.15) is 9.50 Å². The lowest BCUT2D eigenvalue weighted by Crippen LogP contribution is -2.23. The number of nitrogens with zero attached hydrogens (tertiary/aromatic N) is 3. The van der Waals surface area contributed by atoms with E-state index in [4.69, 9.17) is 4.74 Å². The number of para-hydroxylation sites is 1. The van der Waals surface area contributed by atoms with Crippen LogP contribution in [-0.2, 0) is 0 Å². The molecule has 2 heterocycles. The summed E-state index contributed by atoms with van der Waals surface area (Å²) in [7, 11) is 0. The van der Waals surface area contributed by atoms with Crippen LogP contribution >= 0.6 is 11.3 Å².